The Morgan fingerprint density at radius 1 is 1.05 bits per heavy atom. The molecule has 0 saturated carbocycles. The Morgan fingerprint density at radius 3 is 2.35 bits per heavy atom. The number of benzene rings is 2. The number of carbonyl (C=O) groups is 3. The summed E-state index contributed by atoms with van der Waals surface area (Å²) < 4.78 is 27.9. The van der Waals surface area contributed by atoms with Gasteiger partial charge in [-0.1, -0.05) is 43.7 Å². The first-order chi connectivity index (χ1) is 17.6. The first-order valence-electron chi connectivity index (χ1n) is 12.4. The van der Waals surface area contributed by atoms with Crippen LogP contribution in [-0.2, 0) is 25.2 Å². The second kappa shape index (κ2) is 10.5. The number of nitrogens with one attached hydrogen (secondary N) is 2. The number of hydrogen-bond donors (Lipinski definition) is 2. The molecule has 0 aliphatic carbocycles. The minimum Gasteiger partial charge on any atom is -0.376 e. The number of hydrogen-bond acceptors (Lipinski definition) is 6. The van der Waals surface area contributed by atoms with Gasteiger partial charge in [-0.15, -0.1) is 0 Å². The molecule has 0 spiro atoms. The van der Waals surface area contributed by atoms with Crippen LogP contribution in [0.5, 0.6) is 0 Å². The summed E-state index contributed by atoms with van der Waals surface area (Å²) in [5.74, 6) is -1.12. The highest BCUT2D eigenvalue weighted by Gasteiger charge is 2.51. The summed E-state index contributed by atoms with van der Waals surface area (Å²) in [6.45, 7) is 2.22. The average molecular weight is 528 g/mol. The predicted octanol–water partition coefficient (Wildman–Crippen LogP) is 2.72. The topological polar surface area (TPSA) is 119 Å². The van der Waals surface area contributed by atoms with Gasteiger partial charge >= 0.3 is 6.03 Å². The number of imide groups is 1. The molecular formula is C26H33N5O5S. The minimum atomic E-state index is -3.72. The summed E-state index contributed by atoms with van der Waals surface area (Å²) in [4.78, 5) is 41.9. The Kier molecular flexibility index (Phi) is 7.56. The van der Waals surface area contributed by atoms with E-state index in [0.29, 0.717) is 30.8 Å². The summed E-state index contributed by atoms with van der Waals surface area (Å²) in [7, 11) is -0.168. The van der Waals surface area contributed by atoms with E-state index < -0.39 is 40.0 Å². The normalized spacial score (nSPS) is 20.6. The second-order valence-electron chi connectivity index (χ2n) is 9.53. The highest BCUT2D eigenvalue weighted by atomic mass is 32.2. The molecule has 198 valence electrons. The van der Waals surface area contributed by atoms with Crippen LogP contribution in [0.4, 0.5) is 16.2 Å². The number of sulfonamides is 1. The Labute approximate surface area is 217 Å². The van der Waals surface area contributed by atoms with Crippen molar-refractivity contribution in [2.45, 2.75) is 43.0 Å². The van der Waals surface area contributed by atoms with Crippen molar-refractivity contribution in [2.75, 3.05) is 43.9 Å². The second-order valence-corrected chi connectivity index (χ2v) is 11.5. The number of nitrogens with zero attached hydrogens (tertiary/aromatic N) is 3. The number of carbonyl (C=O) groups excluding carboxylic acids is 3. The maximum Gasteiger partial charge on any atom is 0.325 e. The standard InChI is InChI=1S/C26H33N5O5S/c1-4-26(19-11-7-5-8-12-19)24(33)31(25(34)28-26)18-23(32)27-21-17-20(13-14-22(21)29(2)3)37(35,36)30-15-9-6-10-16-30/h5,7-8,11-14,17H,4,6,9-10,15-16,18H2,1-3H3,(H,27,32)(H,28,34). The zero-order chi connectivity index (χ0) is 26.8. The van der Waals surface area contributed by atoms with Gasteiger partial charge in [0, 0.05) is 27.2 Å². The van der Waals surface area contributed by atoms with E-state index in [1.807, 2.05) is 6.07 Å². The smallest absolute Gasteiger partial charge is 0.325 e. The molecule has 0 aromatic heterocycles. The molecule has 2 aliphatic rings. The van der Waals surface area contributed by atoms with Crippen molar-refractivity contribution < 1.29 is 22.8 Å². The van der Waals surface area contributed by atoms with Crippen LogP contribution in [0.25, 0.3) is 0 Å². The van der Waals surface area contributed by atoms with Crippen LogP contribution in [0, 0.1) is 0 Å². The minimum absolute atomic E-state index is 0.0827. The van der Waals surface area contributed by atoms with Gasteiger partial charge in [-0.25, -0.2) is 13.2 Å². The molecule has 37 heavy (non-hydrogen) atoms. The quantitative estimate of drug-likeness (QED) is 0.510. The third-order valence-electron chi connectivity index (χ3n) is 6.95. The SMILES string of the molecule is CCC1(c2ccccc2)NC(=O)N(CC(=O)Nc2cc(S(=O)(=O)N3CCCCC3)ccc2N(C)C)C1=O. The lowest BCUT2D eigenvalue weighted by Gasteiger charge is -2.27. The average Bonchev–Trinajstić information content (AvgIpc) is 3.14. The molecule has 10 nitrogen and oxygen atoms in total. The van der Waals surface area contributed by atoms with Crippen molar-refractivity contribution >= 4 is 39.2 Å². The van der Waals surface area contributed by atoms with E-state index in [-0.39, 0.29) is 10.6 Å². The highest BCUT2D eigenvalue weighted by molar-refractivity contribution is 7.89. The third kappa shape index (κ3) is 5.05. The molecule has 4 amide bonds. The maximum atomic E-state index is 13.4. The summed E-state index contributed by atoms with van der Waals surface area (Å²) in [6, 6.07) is 12.9. The molecule has 2 saturated heterocycles. The van der Waals surface area contributed by atoms with Gasteiger partial charge in [0.05, 0.1) is 16.3 Å². The maximum absolute atomic E-state index is 13.4. The molecule has 0 radical (unpaired) electrons. The van der Waals surface area contributed by atoms with Gasteiger partial charge in [0.2, 0.25) is 15.9 Å². The summed E-state index contributed by atoms with van der Waals surface area (Å²) in [6.07, 6.45) is 2.94. The van der Waals surface area contributed by atoms with E-state index in [4.69, 9.17) is 0 Å². The third-order valence-corrected chi connectivity index (χ3v) is 8.85. The summed E-state index contributed by atoms with van der Waals surface area (Å²) in [5.41, 5.74) is 0.278. The first-order valence-corrected chi connectivity index (χ1v) is 13.8. The van der Waals surface area contributed by atoms with Crippen LogP contribution in [-0.4, -0.2) is 69.2 Å². The lowest BCUT2D eigenvalue weighted by molar-refractivity contribution is -0.134. The fourth-order valence-electron chi connectivity index (χ4n) is 4.89. The van der Waals surface area contributed by atoms with Gasteiger partial charge < -0.3 is 15.5 Å². The molecule has 2 N–H and O–H groups in total. The van der Waals surface area contributed by atoms with Crippen LogP contribution in [0.2, 0.25) is 0 Å². The summed E-state index contributed by atoms with van der Waals surface area (Å²) >= 11 is 0. The van der Waals surface area contributed by atoms with Crippen molar-refractivity contribution in [3.63, 3.8) is 0 Å². The lowest BCUT2D eigenvalue weighted by Crippen LogP contribution is -2.44. The molecule has 2 aromatic rings. The van der Waals surface area contributed by atoms with Crippen LogP contribution >= 0.6 is 0 Å². The first kappa shape index (κ1) is 26.6. The molecular weight excluding hydrogens is 494 g/mol. The van der Waals surface area contributed by atoms with Gasteiger partial charge in [-0.05, 0) is 43.0 Å². The van der Waals surface area contributed by atoms with Crippen LogP contribution in [0.15, 0.2) is 53.4 Å². The molecule has 1 unspecified atom stereocenters. The van der Waals surface area contributed by atoms with Crippen LogP contribution in [0.3, 0.4) is 0 Å². The molecule has 2 aromatic carbocycles. The van der Waals surface area contributed by atoms with E-state index >= 15 is 0 Å². The van der Waals surface area contributed by atoms with Crippen LogP contribution in [0.1, 0.15) is 38.2 Å². The number of piperidine rings is 1. The molecule has 4 rings (SSSR count). The molecule has 2 aliphatic heterocycles. The predicted molar refractivity (Wildman–Crippen MR) is 141 cm³/mol. The van der Waals surface area contributed by atoms with Crippen molar-refractivity contribution in [1.82, 2.24) is 14.5 Å². The Balaban J connectivity index is 1.57. The van der Waals surface area contributed by atoms with Gasteiger partial charge in [-0.2, -0.15) is 4.31 Å². The Morgan fingerprint density at radius 2 is 1.73 bits per heavy atom. The van der Waals surface area contributed by atoms with Gasteiger partial charge in [0.15, 0.2) is 0 Å². The van der Waals surface area contributed by atoms with Gasteiger partial charge in [-0.3, -0.25) is 14.5 Å². The van der Waals surface area contributed by atoms with Gasteiger partial charge in [0.25, 0.3) is 5.91 Å². The molecule has 11 heteroatoms. The Hall–Kier alpha value is -3.44. The fourth-order valence-corrected chi connectivity index (χ4v) is 6.43. The van der Waals surface area contributed by atoms with E-state index in [1.54, 1.807) is 56.3 Å². The van der Waals surface area contributed by atoms with Crippen LogP contribution < -0.4 is 15.5 Å². The zero-order valence-corrected chi connectivity index (χ0v) is 22.2. The summed E-state index contributed by atoms with van der Waals surface area (Å²) in [5, 5.41) is 5.48. The van der Waals surface area contributed by atoms with Crippen molar-refractivity contribution in [1.29, 1.82) is 0 Å². The van der Waals surface area contributed by atoms with Gasteiger partial charge in [0.1, 0.15) is 12.1 Å². The molecule has 2 fully saturated rings. The fraction of sp³-hybridized carbons (Fsp3) is 0.423. The van der Waals surface area contributed by atoms with Crippen molar-refractivity contribution in [3.05, 3.63) is 54.1 Å². The zero-order valence-electron chi connectivity index (χ0n) is 21.4. The number of rotatable bonds is 8. The number of urea groups is 1. The van der Waals surface area contributed by atoms with Crippen molar-refractivity contribution in [2.24, 2.45) is 0 Å². The highest BCUT2D eigenvalue weighted by Crippen LogP contribution is 2.33. The lowest BCUT2D eigenvalue weighted by atomic mass is 9.87. The van der Waals surface area contributed by atoms with Crippen molar-refractivity contribution in [3.8, 4) is 0 Å². The molecule has 1 atom stereocenters. The molecule has 0 bridgehead atoms. The van der Waals surface area contributed by atoms with E-state index in [1.165, 1.54) is 16.4 Å². The van der Waals surface area contributed by atoms with E-state index in [9.17, 15) is 22.8 Å². The monoisotopic (exact) mass is 527 g/mol. The number of anilines is 2. The van der Waals surface area contributed by atoms with E-state index in [2.05, 4.69) is 10.6 Å². The van der Waals surface area contributed by atoms with E-state index in [0.717, 1.165) is 24.2 Å². The largest absolute Gasteiger partial charge is 0.376 e. The molecule has 2 heterocycles. The Bertz CT molecular complexity index is 1290. The number of amides is 4.